The van der Waals surface area contributed by atoms with Crippen LogP contribution in [0.5, 0.6) is 0 Å². The highest BCUT2D eigenvalue weighted by Crippen LogP contribution is 2.29. The fourth-order valence-electron chi connectivity index (χ4n) is 3.90. The van der Waals surface area contributed by atoms with E-state index in [9.17, 15) is 14.0 Å². The molecule has 1 aliphatic rings. The molecule has 6 nitrogen and oxygen atoms in total. The molecule has 1 fully saturated rings. The Morgan fingerprint density at radius 2 is 1.93 bits per heavy atom. The van der Waals surface area contributed by atoms with Crippen LogP contribution in [0, 0.1) is 5.82 Å². The molecule has 1 aromatic carbocycles. The highest BCUT2D eigenvalue weighted by molar-refractivity contribution is 5.90. The van der Waals surface area contributed by atoms with Crippen molar-refractivity contribution in [1.29, 1.82) is 0 Å². The minimum absolute atomic E-state index is 0.186. The van der Waals surface area contributed by atoms with Crippen molar-refractivity contribution in [3.8, 4) is 0 Å². The average molecular weight is 403 g/mol. The lowest BCUT2D eigenvalue weighted by molar-refractivity contribution is -0.129. The van der Waals surface area contributed by atoms with Gasteiger partial charge in [0.2, 0.25) is 5.91 Å². The van der Waals surface area contributed by atoms with Gasteiger partial charge in [0.15, 0.2) is 0 Å². The monoisotopic (exact) mass is 403 g/mol. The van der Waals surface area contributed by atoms with Crippen molar-refractivity contribution in [3.05, 3.63) is 35.8 Å². The molecule has 0 unspecified atom stereocenters. The quantitative estimate of drug-likeness (QED) is 0.700. The van der Waals surface area contributed by atoms with E-state index in [-0.39, 0.29) is 11.7 Å². The zero-order valence-electron chi connectivity index (χ0n) is 17.4. The molecule has 3 N–H and O–H groups in total. The average Bonchev–Trinajstić information content (AvgIpc) is 3.03. The summed E-state index contributed by atoms with van der Waals surface area (Å²) in [4.78, 5) is 28.5. The minimum atomic E-state index is -0.938. The van der Waals surface area contributed by atoms with Crippen LogP contribution in [0.25, 0.3) is 10.9 Å². The molecule has 0 bridgehead atoms. The van der Waals surface area contributed by atoms with Crippen LogP contribution in [0.4, 0.5) is 9.18 Å². The van der Waals surface area contributed by atoms with Crippen LogP contribution < -0.4 is 10.6 Å². The Bertz CT molecular complexity index is 879. The van der Waals surface area contributed by atoms with Gasteiger partial charge in [-0.25, -0.2) is 9.18 Å². The molecule has 1 heterocycles. The van der Waals surface area contributed by atoms with Crippen molar-refractivity contribution in [1.82, 2.24) is 15.6 Å². The number of hydrogen-bond donors (Lipinski definition) is 3. The number of hydrogen-bond acceptors (Lipinski definition) is 3. The summed E-state index contributed by atoms with van der Waals surface area (Å²) in [5.74, 6) is -0.473. The zero-order valence-corrected chi connectivity index (χ0v) is 17.4. The van der Waals surface area contributed by atoms with E-state index in [0.29, 0.717) is 25.8 Å². The second-order valence-corrected chi connectivity index (χ2v) is 8.78. The van der Waals surface area contributed by atoms with E-state index in [1.54, 1.807) is 26.8 Å². The molecule has 29 heavy (non-hydrogen) atoms. The Labute approximate surface area is 170 Å². The molecule has 1 aromatic heterocycles. The molecule has 1 aliphatic carbocycles. The first-order chi connectivity index (χ1) is 13.7. The van der Waals surface area contributed by atoms with Gasteiger partial charge in [-0.05, 0) is 63.8 Å². The van der Waals surface area contributed by atoms with E-state index < -0.39 is 17.2 Å². The van der Waals surface area contributed by atoms with E-state index in [1.807, 2.05) is 6.20 Å². The summed E-state index contributed by atoms with van der Waals surface area (Å²) in [7, 11) is 0. The predicted molar refractivity (Wildman–Crippen MR) is 110 cm³/mol. The van der Waals surface area contributed by atoms with Crippen LogP contribution in [0.1, 0.15) is 58.4 Å². The summed E-state index contributed by atoms with van der Waals surface area (Å²) >= 11 is 0. The summed E-state index contributed by atoms with van der Waals surface area (Å²) in [6.07, 6.45) is 5.83. The van der Waals surface area contributed by atoms with Crippen molar-refractivity contribution >= 4 is 22.9 Å². The molecule has 7 heteroatoms. The Kier molecular flexibility index (Phi) is 6.15. The second kappa shape index (κ2) is 8.43. The van der Waals surface area contributed by atoms with Gasteiger partial charge >= 0.3 is 6.09 Å². The number of aromatic nitrogens is 1. The summed E-state index contributed by atoms with van der Waals surface area (Å²) < 4.78 is 18.9. The molecule has 0 spiro atoms. The minimum Gasteiger partial charge on any atom is -0.444 e. The highest BCUT2D eigenvalue weighted by atomic mass is 19.1. The van der Waals surface area contributed by atoms with Crippen LogP contribution in [0.3, 0.4) is 0 Å². The summed E-state index contributed by atoms with van der Waals surface area (Å²) in [6, 6.07) is 4.61. The molecule has 2 aromatic rings. The Balaban J connectivity index is 1.63. The molecule has 0 aliphatic heterocycles. The summed E-state index contributed by atoms with van der Waals surface area (Å²) in [6.45, 7) is 5.79. The maximum Gasteiger partial charge on any atom is 0.408 e. The topological polar surface area (TPSA) is 83.2 Å². The lowest BCUT2D eigenvalue weighted by Crippen LogP contribution is -2.60. The van der Waals surface area contributed by atoms with E-state index >= 15 is 0 Å². The number of alkyl carbamates (subject to hydrolysis) is 1. The molecule has 3 rings (SSSR count). The fraction of sp³-hybridized carbons (Fsp3) is 0.545. The van der Waals surface area contributed by atoms with E-state index in [1.165, 1.54) is 12.1 Å². The maximum absolute atomic E-state index is 13.5. The van der Waals surface area contributed by atoms with Gasteiger partial charge in [0.05, 0.1) is 0 Å². The Hall–Kier alpha value is -2.57. The largest absolute Gasteiger partial charge is 0.444 e. The zero-order chi connectivity index (χ0) is 21.1. The first kappa shape index (κ1) is 21.1. The van der Waals surface area contributed by atoms with Gasteiger partial charge in [0.1, 0.15) is 17.0 Å². The van der Waals surface area contributed by atoms with Crippen LogP contribution in [-0.2, 0) is 16.0 Å². The summed E-state index contributed by atoms with van der Waals surface area (Å²) in [5.41, 5.74) is 0.245. The normalized spacial score (nSPS) is 16.4. The fourth-order valence-corrected chi connectivity index (χ4v) is 3.90. The van der Waals surface area contributed by atoms with Crippen LogP contribution in [0.2, 0.25) is 0 Å². The predicted octanol–water partition coefficient (Wildman–Crippen LogP) is 4.19. The number of ether oxygens (including phenoxy) is 1. The smallest absolute Gasteiger partial charge is 0.408 e. The van der Waals surface area contributed by atoms with Crippen molar-refractivity contribution in [2.45, 2.75) is 70.4 Å². The second-order valence-electron chi connectivity index (χ2n) is 8.78. The summed E-state index contributed by atoms with van der Waals surface area (Å²) in [5, 5.41) is 6.62. The number of nitrogens with one attached hydrogen (secondary N) is 3. The SMILES string of the molecule is CC(C)(C)OC(=O)NC1(C(=O)NCCc2c[nH]c3ccc(F)cc23)CCCCC1. The molecule has 0 radical (unpaired) electrons. The van der Waals surface area contributed by atoms with Gasteiger partial charge in [-0.15, -0.1) is 0 Å². The number of rotatable bonds is 5. The van der Waals surface area contributed by atoms with E-state index in [0.717, 1.165) is 35.7 Å². The molecular formula is C22H30FN3O3. The highest BCUT2D eigenvalue weighted by Gasteiger charge is 2.41. The number of amides is 2. The number of fused-ring (bicyclic) bond motifs is 1. The lowest BCUT2D eigenvalue weighted by Gasteiger charge is -2.37. The van der Waals surface area contributed by atoms with Crippen molar-refractivity contribution in [3.63, 3.8) is 0 Å². The first-order valence-electron chi connectivity index (χ1n) is 10.2. The molecule has 0 atom stereocenters. The molecule has 2 amide bonds. The third-order valence-electron chi connectivity index (χ3n) is 5.29. The lowest BCUT2D eigenvalue weighted by atomic mass is 9.81. The Morgan fingerprint density at radius 1 is 1.21 bits per heavy atom. The third-order valence-corrected chi connectivity index (χ3v) is 5.29. The molecular weight excluding hydrogens is 373 g/mol. The van der Waals surface area contributed by atoms with Gasteiger partial charge < -0.3 is 20.4 Å². The third kappa shape index (κ3) is 5.28. The van der Waals surface area contributed by atoms with Gasteiger partial charge in [-0.2, -0.15) is 0 Å². The standard InChI is InChI=1S/C22H30FN3O3/c1-21(2,3)29-20(28)26-22(10-5-4-6-11-22)19(27)24-12-9-15-14-25-18-8-7-16(23)13-17(15)18/h7-8,13-14,25H,4-6,9-12H2,1-3H3,(H,24,27)(H,26,28). The van der Waals surface area contributed by atoms with Crippen molar-refractivity contribution in [2.75, 3.05) is 6.54 Å². The maximum atomic E-state index is 13.5. The van der Waals surface area contributed by atoms with Crippen LogP contribution in [-0.4, -0.2) is 34.7 Å². The Morgan fingerprint density at radius 3 is 2.62 bits per heavy atom. The number of aromatic amines is 1. The van der Waals surface area contributed by atoms with Gasteiger partial charge in [0.25, 0.3) is 0 Å². The molecule has 1 saturated carbocycles. The van der Waals surface area contributed by atoms with Gasteiger partial charge in [-0.3, -0.25) is 4.79 Å². The van der Waals surface area contributed by atoms with Crippen molar-refractivity contribution < 1.29 is 18.7 Å². The van der Waals surface area contributed by atoms with Gasteiger partial charge in [-0.1, -0.05) is 19.3 Å². The number of halogens is 1. The molecule has 158 valence electrons. The molecule has 0 saturated heterocycles. The number of benzene rings is 1. The van der Waals surface area contributed by atoms with Crippen LogP contribution >= 0.6 is 0 Å². The van der Waals surface area contributed by atoms with E-state index in [4.69, 9.17) is 4.74 Å². The van der Waals surface area contributed by atoms with E-state index in [2.05, 4.69) is 15.6 Å². The number of carbonyl (C=O) groups excluding carboxylic acids is 2. The van der Waals surface area contributed by atoms with Gasteiger partial charge in [0, 0.05) is 23.6 Å². The number of H-pyrrole nitrogens is 1. The number of carbonyl (C=O) groups is 2. The van der Waals surface area contributed by atoms with Crippen LogP contribution in [0.15, 0.2) is 24.4 Å². The van der Waals surface area contributed by atoms with Crippen molar-refractivity contribution in [2.24, 2.45) is 0 Å². The first-order valence-corrected chi connectivity index (χ1v) is 10.2.